The van der Waals surface area contributed by atoms with Gasteiger partial charge in [0.15, 0.2) is 5.78 Å². The molecule has 0 fully saturated rings. The smallest absolute Gasteiger partial charge is 0.174 e. The van der Waals surface area contributed by atoms with E-state index in [1.54, 1.807) is 31.2 Å². The first kappa shape index (κ1) is 11.3. The minimum absolute atomic E-state index is 0.0485. The van der Waals surface area contributed by atoms with Crippen molar-refractivity contribution in [2.75, 3.05) is 6.61 Å². The van der Waals surface area contributed by atoms with Gasteiger partial charge in [-0.1, -0.05) is 5.92 Å². The molecule has 0 N–H and O–H groups in total. The predicted molar refractivity (Wildman–Crippen MR) is 60.0 cm³/mol. The molecule has 0 heterocycles. The number of carbonyl (C=O) groups excluding carboxylic acids is 1. The first-order valence-electron chi connectivity index (χ1n) is 4.93. The van der Waals surface area contributed by atoms with Crippen LogP contribution in [-0.4, -0.2) is 12.4 Å². The Hall–Kier alpha value is -1.75. The van der Waals surface area contributed by atoms with E-state index in [9.17, 15) is 4.79 Å². The molecule has 0 spiro atoms. The fourth-order valence-corrected chi connectivity index (χ4v) is 1.17. The highest BCUT2D eigenvalue weighted by molar-refractivity contribution is 5.97. The Balaban J connectivity index is 2.69. The van der Waals surface area contributed by atoms with Gasteiger partial charge in [0.2, 0.25) is 0 Å². The lowest BCUT2D eigenvalue weighted by molar-refractivity contribution is 0.0998. The van der Waals surface area contributed by atoms with Crippen LogP contribution >= 0.6 is 0 Å². The maximum absolute atomic E-state index is 11.5. The normalized spacial score (nSPS) is 8.93. The zero-order chi connectivity index (χ0) is 11.1. The lowest BCUT2D eigenvalue weighted by Crippen LogP contribution is -1.97. The minimum Gasteiger partial charge on any atom is -0.494 e. The van der Waals surface area contributed by atoms with Gasteiger partial charge in [0.05, 0.1) is 13.0 Å². The molecule has 0 saturated carbocycles. The Morgan fingerprint density at radius 2 is 2.00 bits per heavy atom. The van der Waals surface area contributed by atoms with E-state index < -0.39 is 0 Å². The van der Waals surface area contributed by atoms with Gasteiger partial charge >= 0.3 is 0 Å². The SMILES string of the molecule is CC#CCC(=O)c1ccc(OCC)cc1. The molecule has 78 valence electrons. The monoisotopic (exact) mass is 202 g/mol. The second-order valence-electron chi connectivity index (χ2n) is 2.98. The quantitative estimate of drug-likeness (QED) is 0.554. The summed E-state index contributed by atoms with van der Waals surface area (Å²) in [6.07, 6.45) is 0.282. The van der Waals surface area contributed by atoms with Crippen LogP contribution < -0.4 is 4.74 Å². The summed E-state index contributed by atoms with van der Waals surface area (Å²) in [6, 6.07) is 7.14. The molecule has 15 heavy (non-hydrogen) atoms. The summed E-state index contributed by atoms with van der Waals surface area (Å²) < 4.78 is 5.28. The highest BCUT2D eigenvalue weighted by Crippen LogP contribution is 2.13. The Kier molecular flexibility index (Phi) is 4.43. The fourth-order valence-electron chi connectivity index (χ4n) is 1.17. The highest BCUT2D eigenvalue weighted by Gasteiger charge is 2.03. The van der Waals surface area contributed by atoms with Crippen LogP contribution in [0.3, 0.4) is 0 Å². The van der Waals surface area contributed by atoms with E-state index in [4.69, 9.17) is 4.74 Å². The highest BCUT2D eigenvalue weighted by atomic mass is 16.5. The van der Waals surface area contributed by atoms with E-state index >= 15 is 0 Å². The topological polar surface area (TPSA) is 26.3 Å². The first-order valence-corrected chi connectivity index (χ1v) is 4.93. The van der Waals surface area contributed by atoms with Crippen molar-refractivity contribution in [3.63, 3.8) is 0 Å². The van der Waals surface area contributed by atoms with Gasteiger partial charge in [-0.3, -0.25) is 4.79 Å². The standard InChI is InChI=1S/C13H14O2/c1-3-5-6-13(14)11-7-9-12(10-8-11)15-4-2/h7-10H,4,6H2,1-2H3. The van der Waals surface area contributed by atoms with Crippen molar-refractivity contribution in [2.24, 2.45) is 0 Å². The van der Waals surface area contributed by atoms with E-state index in [1.807, 2.05) is 6.92 Å². The van der Waals surface area contributed by atoms with Crippen LogP contribution in [0.15, 0.2) is 24.3 Å². The predicted octanol–water partition coefficient (Wildman–Crippen LogP) is 2.68. The number of benzene rings is 1. The second-order valence-corrected chi connectivity index (χ2v) is 2.98. The number of rotatable bonds is 4. The lowest BCUT2D eigenvalue weighted by Gasteiger charge is -2.03. The van der Waals surface area contributed by atoms with Crippen molar-refractivity contribution in [2.45, 2.75) is 20.3 Å². The Morgan fingerprint density at radius 1 is 1.33 bits per heavy atom. The number of hydrogen-bond donors (Lipinski definition) is 0. The maximum atomic E-state index is 11.5. The summed E-state index contributed by atoms with van der Waals surface area (Å²) in [5.41, 5.74) is 0.682. The van der Waals surface area contributed by atoms with Crippen molar-refractivity contribution in [3.8, 4) is 17.6 Å². The molecule has 2 heteroatoms. The Labute approximate surface area is 90.3 Å². The molecule has 0 aliphatic rings. The Morgan fingerprint density at radius 3 is 2.53 bits per heavy atom. The van der Waals surface area contributed by atoms with Crippen molar-refractivity contribution in [3.05, 3.63) is 29.8 Å². The van der Waals surface area contributed by atoms with Gasteiger partial charge in [-0.25, -0.2) is 0 Å². The zero-order valence-electron chi connectivity index (χ0n) is 9.04. The van der Waals surface area contributed by atoms with Crippen LogP contribution in [-0.2, 0) is 0 Å². The van der Waals surface area contributed by atoms with E-state index in [0.29, 0.717) is 12.2 Å². The summed E-state index contributed by atoms with van der Waals surface area (Å²) in [5.74, 6) is 6.30. The molecule has 0 radical (unpaired) electrons. The van der Waals surface area contributed by atoms with Crippen LogP contribution in [0.1, 0.15) is 30.6 Å². The average molecular weight is 202 g/mol. The number of ketones is 1. The Bertz CT molecular complexity index is 379. The van der Waals surface area contributed by atoms with E-state index in [0.717, 1.165) is 5.75 Å². The second kappa shape index (κ2) is 5.87. The molecule has 2 nitrogen and oxygen atoms in total. The summed E-state index contributed by atoms with van der Waals surface area (Å²) in [7, 11) is 0. The first-order chi connectivity index (χ1) is 7.27. The van der Waals surface area contributed by atoms with E-state index in [1.165, 1.54) is 0 Å². The van der Waals surface area contributed by atoms with E-state index in [-0.39, 0.29) is 12.2 Å². The molecule has 0 saturated heterocycles. The third-order valence-electron chi connectivity index (χ3n) is 1.91. The molecule has 0 aromatic heterocycles. The molecule has 1 rings (SSSR count). The molecule has 1 aromatic carbocycles. The molecule has 0 aliphatic carbocycles. The zero-order valence-corrected chi connectivity index (χ0v) is 9.04. The van der Waals surface area contributed by atoms with Crippen LogP contribution in [0.4, 0.5) is 0 Å². The summed E-state index contributed by atoms with van der Waals surface area (Å²) in [4.78, 5) is 11.5. The van der Waals surface area contributed by atoms with Gasteiger partial charge in [0.25, 0.3) is 0 Å². The molecular weight excluding hydrogens is 188 g/mol. The largest absolute Gasteiger partial charge is 0.494 e. The van der Waals surface area contributed by atoms with Crippen molar-refractivity contribution >= 4 is 5.78 Å². The van der Waals surface area contributed by atoms with E-state index in [2.05, 4.69) is 11.8 Å². The lowest BCUT2D eigenvalue weighted by atomic mass is 10.1. The van der Waals surface area contributed by atoms with Crippen molar-refractivity contribution < 1.29 is 9.53 Å². The number of carbonyl (C=O) groups is 1. The van der Waals surface area contributed by atoms with Gasteiger partial charge in [0.1, 0.15) is 5.75 Å². The summed E-state index contributed by atoms with van der Waals surface area (Å²) in [5, 5.41) is 0. The van der Waals surface area contributed by atoms with Crippen molar-refractivity contribution in [1.82, 2.24) is 0 Å². The maximum Gasteiger partial charge on any atom is 0.174 e. The number of hydrogen-bond acceptors (Lipinski definition) is 2. The van der Waals surface area contributed by atoms with Gasteiger partial charge in [-0.05, 0) is 38.1 Å². The third kappa shape index (κ3) is 3.47. The average Bonchev–Trinajstić information content (AvgIpc) is 2.27. The van der Waals surface area contributed by atoms with Crippen LogP contribution in [0.5, 0.6) is 5.75 Å². The van der Waals surface area contributed by atoms with Gasteiger partial charge in [0, 0.05) is 5.56 Å². The molecule has 0 unspecified atom stereocenters. The number of Topliss-reactive ketones (excluding diaryl/α,β-unsaturated/α-hetero) is 1. The molecule has 0 atom stereocenters. The third-order valence-corrected chi connectivity index (χ3v) is 1.91. The molecule has 0 aliphatic heterocycles. The molecule has 0 amide bonds. The molecule has 1 aromatic rings. The minimum atomic E-state index is 0.0485. The summed E-state index contributed by atoms with van der Waals surface area (Å²) in [6.45, 7) is 4.29. The molecular formula is C13H14O2. The van der Waals surface area contributed by atoms with Gasteiger partial charge < -0.3 is 4.74 Å². The summed E-state index contributed by atoms with van der Waals surface area (Å²) >= 11 is 0. The fraction of sp³-hybridized carbons (Fsp3) is 0.308. The van der Waals surface area contributed by atoms with Crippen LogP contribution in [0, 0.1) is 11.8 Å². The van der Waals surface area contributed by atoms with Crippen molar-refractivity contribution in [1.29, 1.82) is 0 Å². The van der Waals surface area contributed by atoms with Gasteiger partial charge in [-0.15, -0.1) is 5.92 Å². The van der Waals surface area contributed by atoms with Gasteiger partial charge in [-0.2, -0.15) is 0 Å². The van der Waals surface area contributed by atoms with Crippen LogP contribution in [0.25, 0.3) is 0 Å². The number of ether oxygens (including phenoxy) is 1. The molecule has 0 bridgehead atoms. The van der Waals surface area contributed by atoms with Crippen LogP contribution in [0.2, 0.25) is 0 Å².